The van der Waals surface area contributed by atoms with Gasteiger partial charge in [0.2, 0.25) is 11.8 Å². The predicted molar refractivity (Wildman–Crippen MR) is 65.3 cm³/mol. The summed E-state index contributed by atoms with van der Waals surface area (Å²) >= 11 is 0. The van der Waals surface area contributed by atoms with Gasteiger partial charge in [-0.1, -0.05) is 0 Å². The molecule has 6 heteroatoms. The van der Waals surface area contributed by atoms with Crippen LogP contribution in [0.5, 0.6) is 0 Å². The molecule has 98 valence electrons. The molecule has 0 radical (unpaired) electrons. The molecule has 0 unspecified atom stereocenters. The number of amides is 2. The third-order valence-electron chi connectivity index (χ3n) is 2.42. The standard InChI is InChI=1S/C12H16FN3O2/c1-16(2)11(17)7-15-6-9-5-8(12(14)18)3-4-10(9)13/h3-5,15H,6-7H2,1-2H3,(H2,14,18). The van der Waals surface area contributed by atoms with Gasteiger partial charge in [0.05, 0.1) is 6.54 Å². The van der Waals surface area contributed by atoms with Crippen molar-refractivity contribution >= 4 is 11.8 Å². The minimum Gasteiger partial charge on any atom is -0.366 e. The van der Waals surface area contributed by atoms with Gasteiger partial charge >= 0.3 is 0 Å². The van der Waals surface area contributed by atoms with E-state index in [0.29, 0.717) is 5.56 Å². The monoisotopic (exact) mass is 253 g/mol. The van der Waals surface area contributed by atoms with Crippen LogP contribution in [0.3, 0.4) is 0 Å². The maximum Gasteiger partial charge on any atom is 0.248 e. The largest absolute Gasteiger partial charge is 0.366 e. The SMILES string of the molecule is CN(C)C(=O)CNCc1cc(C(N)=O)ccc1F. The number of hydrogen-bond donors (Lipinski definition) is 2. The van der Waals surface area contributed by atoms with Gasteiger partial charge in [0, 0.05) is 31.8 Å². The number of carbonyl (C=O) groups is 2. The summed E-state index contributed by atoms with van der Waals surface area (Å²) in [7, 11) is 3.27. The summed E-state index contributed by atoms with van der Waals surface area (Å²) in [6, 6.07) is 3.89. The second-order valence-corrected chi connectivity index (χ2v) is 4.06. The molecule has 0 saturated carbocycles. The summed E-state index contributed by atoms with van der Waals surface area (Å²) in [6.45, 7) is 0.264. The molecule has 1 aromatic carbocycles. The lowest BCUT2D eigenvalue weighted by atomic mass is 10.1. The summed E-state index contributed by atoms with van der Waals surface area (Å²) in [5.74, 6) is -1.16. The lowest BCUT2D eigenvalue weighted by Crippen LogP contribution is -2.32. The molecular weight excluding hydrogens is 237 g/mol. The van der Waals surface area contributed by atoms with Crippen LogP contribution in [0.4, 0.5) is 4.39 Å². The van der Waals surface area contributed by atoms with Crippen LogP contribution in [0.1, 0.15) is 15.9 Å². The van der Waals surface area contributed by atoms with E-state index in [0.717, 1.165) is 0 Å². The molecule has 0 heterocycles. The molecule has 0 fully saturated rings. The van der Waals surface area contributed by atoms with Crippen molar-refractivity contribution in [1.29, 1.82) is 0 Å². The Balaban J connectivity index is 2.64. The van der Waals surface area contributed by atoms with E-state index in [4.69, 9.17) is 5.73 Å². The van der Waals surface area contributed by atoms with Gasteiger partial charge < -0.3 is 16.0 Å². The summed E-state index contributed by atoms with van der Waals surface area (Å²) in [5, 5.41) is 2.81. The molecule has 0 aliphatic carbocycles. The number of primary amides is 1. The lowest BCUT2D eigenvalue weighted by Gasteiger charge is -2.11. The predicted octanol–water partition coefficient (Wildman–Crippen LogP) is 0.102. The van der Waals surface area contributed by atoms with Gasteiger partial charge in [0.15, 0.2) is 0 Å². The smallest absolute Gasteiger partial charge is 0.248 e. The molecule has 0 bridgehead atoms. The minimum absolute atomic E-state index is 0.104. The fourth-order valence-corrected chi connectivity index (χ4v) is 1.33. The van der Waals surface area contributed by atoms with Gasteiger partial charge in [-0.05, 0) is 18.2 Å². The molecule has 3 N–H and O–H groups in total. The molecule has 1 rings (SSSR count). The maximum absolute atomic E-state index is 13.4. The summed E-state index contributed by atoms with van der Waals surface area (Å²) < 4.78 is 13.4. The number of benzene rings is 1. The van der Waals surface area contributed by atoms with Crippen molar-refractivity contribution in [2.24, 2.45) is 5.73 Å². The van der Waals surface area contributed by atoms with Gasteiger partial charge in [-0.25, -0.2) is 4.39 Å². The number of nitrogens with one attached hydrogen (secondary N) is 1. The van der Waals surface area contributed by atoms with E-state index >= 15 is 0 Å². The first-order valence-corrected chi connectivity index (χ1v) is 5.41. The van der Waals surface area contributed by atoms with Crippen LogP contribution in [0.25, 0.3) is 0 Å². The second-order valence-electron chi connectivity index (χ2n) is 4.06. The number of likely N-dealkylation sites (N-methyl/N-ethyl adjacent to an activating group) is 1. The highest BCUT2D eigenvalue weighted by atomic mass is 19.1. The Morgan fingerprint density at radius 3 is 2.61 bits per heavy atom. The van der Waals surface area contributed by atoms with E-state index in [1.807, 2.05) is 0 Å². The van der Waals surface area contributed by atoms with E-state index < -0.39 is 11.7 Å². The number of carbonyl (C=O) groups excluding carboxylic acids is 2. The van der Waals surface area contributed by atoms with Crippen molar-refractivity contribution in [3.63, 3.8) is 0 Å². The van der Waals surface area contributed by atoms with Crippen molar-refractivity contribution in [2.45, 2.75) is 6.54 Å². The van der Waals surface area contributed by atoms with Crippen LogP contribution in [0.2, 0.25) is 0 Å². The van der Waals surface area contributed by atoms with E-state index in [1.165, 1.54) is 23.1 Å². The molecule has 5 nitrogen and oxygen atoms in total. The highest BCUT2D eigenvalue weighted by molar-refractivity contribution is 5.92. The van der Waals surface area contributed by atoms with Crippen LogP contribution >= 0.6 is 0 Å². The van der Waals surface area contributed by atoms with Crippen LogP contribution in [-0.2, 0) is 11.3 Å². The summed E-state index contributed by atoms with van der Waals surface area (Å²) in [4.78, 5) is 23.7. The van der Waals surface area contributed by atoms with Gasteiger partial charge in [-0.2, -0.15) is 0 Å². The summed E-state index contributed by atoms with van der Waals surface area (Å²) in [6.07, 6.45) is 0. The van der Waals surface area contributed by atoms with Crippen molar-refractivity contribution in [3.8, 4) is 0 Å². The van der Waals surface area contributed by atoms with Crippen LogP contribution in [0.15, 0.2) is 18.2 Å². The molecule has 0 atom stereocenters. The number of nitrogens with zero attached hydrogens (tertiary/aromatic N) is 1. The van der Waals surface area contributed by atoms with Crippen molar-refractivity contribution in [2.75, 3.05) is 20.6 Å². The Kier molecular flexibility index (Phi) is 4.79. The first-order valence-electron chi connectivity index (χ1n) is 5.41. The van der Waals surface area contributed by atoms with Gasteiger partial charge in [-0.3, -0.25) is 9.59 Å². The molecule has 1 aromatic rings. The Bertz CT molecular complexity index is 461. The fourth-order valence-electron chi connectivity index (χ4n) is 1.33. The summed E-state index contributed by atoms with van der Waals surface area (Å²) in [5.41, 5.74) is 5.65. The molecule has 0 spiro atoms. The Labute approximate surface area is 105 Å². The molecule has 0 saturated heterocycles. The van der Waals surface area contributed by atoms with Gasteiger partial charge in [0.25, 0.3) is 0 Å². The number of halogens is 1. The maximum atomic E-state index is 13.4. The Hall–Kier alpha value is -1.95. The zero-order valence-electron chi connectivity index (χ0n) is 10.4. The highest BCUT2D eigenvalue weighted by Gasteiger charge is 2.08. The average Bonchev–Trinajstić information content (AvgIpc) is 2.30. The quantitative estimate of drug-likeness (QED) is 0.781. The van der Waals surface area contributed by atoms with E-state index in [9.17, 15) is 14.0 Å². The highest BCUT2D eigenvalue weighted by Crippen LogP contribution is 2.10. The zero-order valence-corrected chi connectivity index (χ0v) is 10.4. The molecule has 0 aromatic heterocycles. The van der Waals surface area contributed by atoms with Crippen LogP contribution in [0, 0.1) is 5.82 Å². The molecule has 18 heavy (non-hydrogen) atoms. The van der Waals surface area contributed by atoms with E-state index in [1.54, 1.807) is 14.1 Å². The molecular formula is C12H16FN3O2. The first-order chi connectivity index (χ1) is 8.41. The van der Waals surface area contributed by atoms with E-state index in [2.05, 4.69) is 5.32 Å². The second kappa shape index (κ2) is 6.11. The van der Waals surface area contributed by atoms with Crippen LogP contribution in [-0.4, -0.2) is 37.4 Å². The lowest BCUT2D eigenvalue weighted by molar-refractivity contribution is -0.127. The molecule has 0 aliphatic heterocycles. The Morgan fingerprint density at radius 1 is 1.39 bits per heavy atom. The molecule has 2 amide bonds. The number of nitrogens with two attached hydrogens (primary N) is 1. The van der Waals surface area contributed by atoms with Crippen molar-refractivity contribution < 1.29 is 14.0 Å². The molecule has 0 aliphatic rings. The fraction of sp³-hybridized carbons (Fsp3) is 0.333. The van der Waals surface area contributed by atoms with Crippen LogP contribution < -0.4 is 11.1 Å². The van der Waals surface area contributed by atoms with Gasteiger partial charge in [-0.15, -0.1) is 0 Å². The van der Waals surface area contributed by atoms with Crippen molar-refractivity contribution in [1.82, 2.24) is 10.2 Å². The van der Waals surface area contributed by atoms with E-state index in [-0.39, 0.29) is 24.6 Å². The third-order valence-corrected chi connectivity index (χ3v) is 2.42. The normalized spacial score (nSPS) is 10.2. The average molecular weight is 253 g/mol. The topological polar surface area (TPSA) is 75.4 Å². The first kappa shape index (κ1) is 14.1. The van der Waals surface area contributed by atoms with Crippen molar-refractivity contribution in [3.05, 3.63) is 35.1 Å². The Morgan fingerprint density at radius 2 is 2.06 bits per heavy atom. The third kappa shape index (κ3) is 3.81. The van der Waals surface area contributed by atoms with Gasteiger partial charge in [0.1, 0.15) is 5.82 Å². The minimum atomic E-state index is -0.611. The number of rotatable bonds is 5. The zero-order chi connectivity index (χ0) is 13.7. The number of hydrogen-bond acceptors (Lipinski definition) is 3.